The molecule has 0 amide bonds. The Balaban J connectivity index is 2.34. The van der Waals surface area contributed by atoms with E-state index in [0.29, 0.717) is 5.92 Å². The minimum Gasteiger partial charge on any atom is -0.327 e. The molecule has 2 heterocycles. The van der Waals surface area contributed by atoms with Gasteiger partial charge in [-0.25, -0.2) is 0 Å². The summed E-state index contributed by atoms with van der Waals surface area (Å²) in [6.07, 6.45) is 2.72. The number of hydrogen-bond acceptors (Lipinski definition) is 3. The van der Waals surface area contributed by atoms with E-state index >= 15 is 0 Å². The van der Waals surface area contributed by atoms with Gasteiger partial charge in [-0.2, -0.15) is 0 Å². The Morgan fingerprint density at radius 1 is 1.38 bits per heavy atom. The van der Waals surface area contributed by atoms with Crippen molar-refractivity contribution in [1.29, 1.82) is 0 Å². The number of halogens is 1. The van der Waals surface area contributed by atoms with Crippen molar-refractivity contribution in [1.82, 2.24) is 14.6 Å². The lowest BCUT2D eigenvalue weighted by atomic mass is 10.0. The summed E-state index contributed by atoms with van der Waals surface area (Å²) < 4.78 is 2.99. The van der Waals surface area contributed by atoms with Crippen molar-refractivity contribution in [3.63, 3.8) is 0 Å². The average molecular weight is 283 g/mol. The van der Waals surface area contributed by atoms with Gasteiger partial charge in [0.1, 0.15) is 5.82 Å². The van der Waals surface area contributed by atoms with Gasteiger partial charge in [-0.1, -0.05) is 13.8 Å². The molecule has 86 valence electrons. The number of nitrogens with zero attached hydrogens (tertiary/aromatic N) is 3. The lowest BCUT2D eigenvalue weighted by Gasteiger charge is -2.13. The van der Waals surface area contributed by atoms with Crippen LogP contribution in [0.5, 0.6) is 0 Å². The van der Waals surface area contributed by atoms with E-state index in [1.54, 1.807) is 0 Å². The third-order valence-corrected chi connectivity index (χ3v) is 3.18. The van der Waals surface area contributed by atoms with Crippen LogP contribution in [0, 0.1) is 5.92 Å². The van der Waals surface area contributed by atoms with Crippen LogP contribution in [0.4, 0.5) is 0 Å². The highest BCUT2D eigenvalue weighted by Crippen LogP contribution is 2.14. The van der Waals surface area contributed by atoms with Gasteiger partial charge in [0.25, 0.3) is 0 Å². The third-order valence-electron chi connectivity index (χ3n) is 2.71. The molecular formula is C11H15BrN4. The summed E-state index contributed by atoms with van der Waals surface area (Å²) in [5.74, 6) is 1.36. The maximum atomic E-state index is 6.04. The molecule has 0 saturated carbocycles. The summed E-state index contributed by atoms with van der Waals surface area (Å²) in [5, 5.41) is 8.28. The van der Waals surface area contributed by atoms with E-state index in [0.717, 1.165) is 22.4 Å². The van der Waals surface area contributed by atoms with Gasteiger partial charge >= 0.3 is 0 Å². The number of pyridine rings is 1. The zero-order valence-corrected chi connectivity index (χ0v) is 11.0. The Kier molecular flexibility index (Phi) is 3.25. The van der Waals surface area contributed by atoms with Gasteiger partial charge in [-0.05, 0) is 34.0 Å². The normalized spacial score (nSPS) is 13.6. The van der Waals surface area contributed by atoms with Crippen LogP contribution < -0.4 is 5.73 Å². The number of nitrogens with two attached hydrogens (primary N) is 1. The van der Waals surface area contributed by atoms with Crippen molar-refractivity contribution in [3.05, 3.63) is 28.6 Å². The number of aromatic nitrogens is 3. The van der Waals surface area contributed by atoms with Gasteiger partial charge in [0.2, 0.25) is 0 Å². The molecule has 1 unspecified atom stereocenters. The van der Waals surface area contributed by atoms with Crippen molar-refractivity contribution in [3.8, 4) is 0 Å². The van der Waals surface area contributed by atoms with Gasteiger partial charge in [-0.3, -0.25) is 4.40 Å². The molecular weight excluding hydrogens is 268 g/mol. The highest BCUT2D eigenvalue weighted by molar-refractivity contribution is 9.10. The molecule has 2 rings (SSSR count). The molecule has 0 aromatic carbocycles. The van der Waals surface area contributed by atoms with E-state index in [4.69, 9.17) is 5.73 Å². The first-order valence-electron chi connectivity index (χ1n) is 5.32. The molecule has 0 spiro atoms. The van der Waals surface area contributed by atoms with E-state index in [2.05, 4.69) is 40.0 Å². The van der Waals surface area contributed by atoms with E-state index in [9.17, 15) is 0 Å². The molecule has 2 aromatic heterocycles. The van der Waals surface area contributed by atoms with Crippen molar-refractivity contribution < 1.29 is 0 Å². The Labute approximate surface area is 103 Å². The topological polar surface area (TPSA) is 56.2 Å². The molecule has 4 nitrogen and oxygen atoms in total. The minimum atomic E-state index is 0.117. The fourth-order valence-corrected chi connectivity index (χ4v) is 1.83. The monoisotopic (exact) mass is 282 g/mol. The second kappa shape index (κ2) is 4.51. The van der Waals surface area contributed by atoms with Crippen LogP contribution in [-0.2, 0) is 6.42 Å². The third kappa shape index (κ3) is 2.25. The van der Waals surface area contributed by atoms with E-state index in [1.165, 1.54) is 0 Å². The zero-order chi connectivity index (χ0) is 11.7. The second-order valence-electron chi connectivity index (χ2n) is 4.30. The Bertz CT molecular complexity index is 492. The Morgan fingerprint density at radius 3 is 2.81 bits per heavy atom. The highest BCUT2D eigenvalue weighted by atomic mass is 79.9. The van der Waals surface area contributed by atoms with Crippen LogP contribution in [0.1, 0.15) is 19.7 Å². The number of rotatable bonds is 3. The summed E-state index contributed by atoms with van der Waals surface area (Å²) in [6, 6.07) is 4.00. The molecule has 0 aliphatic heterocycles. The first-order valence-corrected chi connectivity index (χ1v) is 6.12. The molecule has 0 saturated heterocycles. The fourth-order valence-electron chi connectivity index (χ4n) is 1.50. The predicted octanol–water partition coefficient (Wildman–Crippen LogP) is 2.02. The number of hydrogen-bond donors (Lipinski definition) is 1. The highest BCUT2D eigenvalue weighted by Gasteiger charge is 2.13. The van der Waals surface area contributed by atoms with Gasteiger partial charge in [-0.15, -0.1) is 10.2 Å². The summed E-state index contributed by atoms with van der Waals surface area (Å²) in [4.78, 5) is 0. The van der Waals surface area contributed by atoms with Crippen LogP contribution in [0.2, 0.25) is 0 Å². The quantitative estimate of drug-likeness (QED) is 0.937. The largest absolute Gasteiger partial charge is 0.327 e. The van der Waals surface area contributed by atoms with E-state index < -0.39 is 0 Å². The molecule has 0 aliphatic carbocycles. The molecule has 5 heteroatoms. The maximum absolute atomic E-state index is 6.04. The first kappa shape index (κ1) is 11.5. The van der Waals surface area contributed by atoms with Crippen LogP contribution in [0.25, 0.3) is 5.65 Å². The molecule has 0 aliphatic rings. The Hall–Kier alpha value is -0.940. The van der Waals surface area contributed by atoms with Gasteiger partial charge in [0.05, 0.1) is 0 Å². The van der Waals surface area contributed by atoms with Gasteiger partial charge in [0.15, 0.2) is 5.65 Å². The molecule has 1 atom stereocenters. The maximum Gasteiger partial charge on any atom is 0.160 e. The van der Waals surface area contributed by atoms with E-state index in [-0.39, 0.29) is 6.04 Å². The van der Waals surface area contributed by atoms with Crippen LogP contribution in [0.15, 0.2) is 22.8 Å². The SMILES string of the molecule is CC(C)C(N)Cc1nnc2ccc(Br)cn12. The van der Waals surface area contributed by atoms with E-state index in [1.807, 2.05) is 22.7 Å². The van der Waals surface area contributed by atoms with Crippen molar-refractivity contribution in [2.75, 3.05) is 0 Å². The Morgan fingerprint density at radius 2 is 2.12 bits per heavy atom. The summed E-state index contributed by atoms with van der Waals surface area (Å²) in [5.41, 5.74) is 6.90. The van der Waals surface area contributed by atoms with Crippen molar-refractivity contribution in [2.45, 2.75) is 26.3 Å². The molecule has 16 heavy (non-hydrogen) atoms. The van der Waals surface area contributed by atoms with Crippen molar-refractivity contribution in [2.24, 2.45) is 11.7 Å². The second-order valence-corrected chi connectivity index (χ2v) is 5.22. The fraction of sp³-hybridized carbons (Fsp3) is 0.455. The summed E-state index contributed by atoms with van der Waals surface area (Å²) in [6.45, 7) is 4.23. The minimum absolute atomic E-state index is 0.117. The smallest absolute Gasteiger partial charge is 0.160 e. The van der Waals surface area contributed by atoms with Crippen LogP contribution >= 0.6 is 15.9 Å². The predicted molar refractivity (Wildman–Crippen MR) is 67.2 cm³/mol. The molecule has 2 aromatic rings. The van der Waals surface area contributed by atoms with Gasteiger partial charge < -0.3 is 5.73 Å². The lowest BCUT2D eigenvalue weighted by Crippen LogP contribution is -2.29. The van der Waals surface area contributed by atoms with Crippen molar-refractivity contribution >= 4 is 21.6 Å². The molecule has 0 fully saturated rings. The standard InChI is InChI=1S/C11H15BrN4/c1-7(2)9(13)5-11-15-14-10-4-3-8(12)6-16(10)11/h3-4,6-7,9H,5,13H2,1-2H3. The first-order chi connectivity index (χ1) is 7.58. The summed E-state index contributed by atoms with van der Waals surface area (Å²) in [7, 11) is 0. The summed E-state index contributed by atoms with van der Waals surface area (Å²) >= 11 is 3.44. The average Bonchev–Trinajstić information content (AvgIpc) is 2.61. The zero-order valence-electron chi connectivity index (χ0n) is 9.39. The molecule has 2 N–H and O–H groups in total. The van der Waals surface area contributed by atoms with Gasteiger partial charge in [0, 0.05) is 23.1 Å². The molecule has 0 bridgehead atoms. The lowest BCUT2D eigenvalue weighted by molar-refractivity contribution is 0.480. The molecule has 0 radical (unpaired) electrons. The number of fused-ring (bicyclic) bond motifs is 1. The van der Waals surface area contributed by atoms with Crippen LogP contribution in [0.3, 0.4) is 0 Å². The van der Waals surface area contributed by atoms with Crippen LogP contribution in [-0.4, -0.2) is 20.6 Å².